The van der Waals surface area contributed by atoms with Gasteiger partial charge in [0.1, 0.15) is 6.04 Å². The SMILES string of the molecule is CC(C)c1ccc(NC(=O)C[C@H]2C(=O)NCCN2C(=O)CN2CCN(C)CC2)cc1. The zero-order valence-electron chi connectivity index (χ0n) is 18.2. The molecule has 1 aromatic carbocycles. The molecular formula is C22H33N5O3. The molecule has 1 atom stereocenters. The lowest BCUT2D eigenvalue weighted by Gasteiger charge is -2.37. The Hall–Kier alpha value is -2.45. The molecule has 164 valence electrons. The van der Waals surface area contributed by atoms with Crippen LogP contribution < -0.4 is 10.6 Å². The van der Waals surface area contributed by atoms with Crippen LogP contribution in [0, 0.1) is 0 Å². The Kier molecular flexibility index (Phi) is 7.44. The van der Waals surface area contributed by atoms with Crippen LogP contribution in [0.1, 0.15) is 31.7 Å². The van der Waals surface area contributed by atoms with Crippen molar-refractivity contribution in [2.45, 2.75) is 32.2 Å². The van der Waals surface area contributed by atoms with Crippen LogP contribution in [0.25, 0.3) is 0 Å². The highest BCUT2D eigenvalue weighted by Crippen LogP contribution is 2.18. The number of nitrogens with one attached hydrogen (secondary N) is 2. The number of carbonyl (C=O) groups excluding carboxylic acids is 3. The molecule has 8 heteroatoms. The number of anilines is 1. The summed E-state index contributed by atoms with van der Waals surface area (Å²) in [5.41, 5.74) is 1.89. The van der Waals surface area contributed by atoms with E-state index in [2.05, 4.69) is 41.3 Å². The monoisotopic (exact) mass is 415 g/mol. The fourth-order valence-electron chi connectivity index (χ4n) is 3.84. The van der Waals surface area contributed by atoms with Gasteiger partial charge in [-0.1, -0.05) is 26.0 Å². The molecule has 30 heavy (non-hydrogen) atoms. The van der Waals surface area contributed by atoms with Gasteiger partial charge in [-0.25, -0.2) is 0 Å². The van der Waals surface area contributed by atoms with Crippen molar-refractivity contribution < 1.29 is 14.4 Å². The zero-order valence-corrected chi connectivity index (χ0v) is 18.2. The standard InChI is InChI=1S/C22H33N5O3/c1-16(2)17-4-6-18(7-5-17)24-20(28)14-19-22(30)23-8-9-27(19)21(29)15-26-12-10-25(3)11-13-26/h4-7,16,19H,8-15H2,1-3H3,(H,23,30)(H,24,28)/t19-/m0/s1. The van der Waals surface area contributed by atoms with Gasteiger partial charge < -0.3 is 20.4 Å². The summed E-state index contributed by atoms with van der Waals surface area (Å²) in [7, 11) is 2.07. The average molecular weight is 416 g/mol. The van der Waals surface area contributed by atoms with E-state index in [-0.39, 0.29) is 30.7 Å². The summed E-state index contributed by atoms with van der Waals surface area (Å²) in [6.07, 6.45) is -0.0494. The fraction of sp³-hybridized carbons (Fsp3) is 0.591. The van der Waals surface area contributed by atoms with Crippen molar-refractivity contribution in [3.8, 4) is 0 Å². The molecule has 0 unspecified atom stereocenters. The van der Waals surface area contributed by atoms with Crippen LogP contribution in [-0.2, 0) is 14.4 Å². The second kappa shape index (κ2) is 10.0. The molecule has 3 rings (SSSR count). The minimum absolute atomic E-state index is 0.0494. The van der Waals surface area contributed by atoms with E-state index in [0.717, 1.165) is 26.2 Å². The summed E-state index contributed by atoms with van der Waals surface area (Å²) in [5.74, 6) is -0.209. The second-order valence-electron chi connectivity index (χ2n) is 8.50. The molecule has 2 fully saturated rings. The summed E-state index contributed by atoms with van der Waals surface area (Å²) in [4.78, 5) is 43.9. The van der Waals surface area contributed by atoms with E-state index < -0.39 is 6.04 Å². The molecule has 2 N–H and O–H groups in total. The number of likely N-dealkylation sites (N-methyl/N-ethyl adjacent to an activating group) is 1. The lowest BCUT2D eigenvalue weighted by atomic mass is 10.0. The van der Waals surface area contributed by atoms with Gasteiger partial charge in [-0.2, -0.15) is 0 Å². The molecular weight excluding hydrogens is 382 g/mol. The Morgan fingerprint density at radius 2 is 1.77 bits per heavy atom. The van der Waals surface area contributed by atoms with Crippen LogP contribution in [0.3, 0.4) is 0 Å². The quantitative estimate of drug-likeness (QED) is 0.715. The lowest BCUT2D eigenvalue weighted by Crippen LogP contribution is -2.60. The van der Waals surface area contributed by atoms with E-state index in [1.54, 1.807) is 4.90 Å². The predicted octanol–water partition coefficient (Wildman–Crippen LogP) is 0.713. The third-order valence-electron chi connectivity index (χ3n) is 5.85. The molecule has 8 nitrogen and oxygen atoms in total. The minimum Gasteiger partial charge on any atom is -0.353 e. The van der Waals surface area contributed by atoms with Crippen molar-refractivity contribution in [1.29, 1.82) is 0 Å². The maximum atomic E-state index is 12.9. The molecule has 0 bridgehead atoms. The Morgan fingerprint density at radius 1 is 1.10 bits per heavy atom. The normalized spacial score (nSPS) is 20.9. The number of benzene rings is 1. The predicted molar refractivity (Wildman–Crippen MR) is 116 cm³/mol. The Morgan fingerprint density at radius 3 is 2.40 bits per heavy atom. The number of rotatable bonds is 6. The lowest BCUT2D eigenvalue weighted by molar-refractivity contribution is -0.145. The smallest absolute Gasteiger partial charge is 0.243 e. The maximum absolute atomic E-state index is 12.9. The van der Waals surface area contributed by atoms with Crippen molar-refractivity contribution in [2.75, 3.05) is 58.2 Å². The summed E-state index contributed by atoms with van der Waals surface area (Å²) < 4.78 is 0. The van der Waals surface area contributed by atoms with Gasteiger partial charge in [0.2, 0.25) is 17.7 Å². The summed E-state index contributed by atoms with van der Waals surface area (Å²) in [6.45, 7) is 8.88. The van der Waals surface area contributed by atoms with Crippen molar-refractivity contribution in [1.82, 2.24) is 20.0 Å². The van der Waals surface area contributed by atoms with E-state index in [0.29, 0.717) is 24.7 Å². The fourth-order valence-corrected chi connectivity index (χ4v) is 3.84. The number of carbonyl (C=O) groups is 3. The molecule has 1 aromatic rings. The number of piperazine rings is 2. The summed E-state index contributed by atoms with van der Waals surface area (Å²) >= 11 is 0. The van der Waals surface area contributed by atoms with E-state index >= 15 is 0 Å². The van der Waals surface area contributed by atoms with Crippen molar-refractivity contribution >= 4 is 23.4 Å². The van der Waals surface area contributed by atoms with E-state index in [1.807, 2.05) is 24.3 Å². The number of amides is 3. The zero-order chi connectivity index (χ0) is 21.7. The first kappa shape index (κ1) is 22.2. The molecule has 0 saturated carbocycles. The van der Waals surface area contributed by atoms with Crippen LogP contribution in [0.15, 0.2) is 24.3 Å². The molecule has 2 heterocycles. The number of nitrogens with zero attached hydrogens (tertiary/aromatic N) is 3. The van der Waals surface area contributed by atoms with Crippen molar-refractivity contribution in [3.05, 3.63) is 29.8 Å². The molecule has 2 aliphatic heterocycles. The van der Waals surface area contributed by atoms with Gasteiger partial charge in [-0.3, -0.25) is 19.3 Å². The highest BCUT2D eigenvalue weighted by molar-refractivity contribution is 5.97. The third-order valence-corrected chi connectivity index (χ3v) is 5.85. The Bertz CT molecular complexity index is 757. The van der Waals surface area contributed by atoms with Crippen LogP contribution >= 0.6 is 0 Å². The van der Waals surface area contributed by atoms with E-state index in [9.17, 15) is 14.4 Å². The van der Waals surface area contributed by atoms with Crippen LogP contribution in [0.5, 0.6) is 0 Å². The number of hydrogen-bond acceptors (Lipinski definition) is 5. The van der Waals surface area contributed by atoms with Crippen molar-refractivity contribution in [2.24, 2.45) is 0 Å². The van der Waals surface area contributed by atoms with Gasteiger partial charge in [0.05, 0.1) is 13.0 Å². The summed E-state index contributed by atoms with van der Waals surface area (Å²) in [5, 5.41) is 5.63. The van der Waals surface area contributed by atoms with Crippen molar-refractivity contribution in [3.63, 3.8) is 0 Å². The van der Waals surface area contributed by atoms with Gasteiger partial charge >= 0.3 is 0 Å². The molecule has 0 spiro atoms. The molecule has 2 aliphatic rings. The minimum atomic E-state index is -0.770. The van der Waals surface area contributed by atoms with E-state index in [4.69, 9.17) is 0 Å². The van der Waals surface area contributed by atoms with Gasteiger partial charge in [-0.05, 0) is 30.7 Å². The maximum Gasteiger partial charge on any atom is 0.243 e. The first-order valence-corrected chi connectivity index (χ1v) is 10.7. The van der Waals surface area contributed by atoms with Gasteiger partial charge in [0, 0.05) is 45.0 Å². The molecule has 3 amide bonds. The highest BCUT2D eigenvalue weighted by Gasteiger charge is 2.35. The third kappa shape index (κ3) is 5.79. The van der Waals surface area contributed by atoms with Gasteiger partial charge in [-0.15, -0.1) is 0 Å². The highest BCUT2D eigenvalue weighted by atomic mass is 16.2. The van der Waals surface area contributed by atoms with E-state index in [1.165, 1.54) is 5.56 Å². The Balaban J connectivity index is 1.59. The largest absolute Gasteiger partial charge is 0.353 e. The van der Waals surface area contributed by atoms with Crippen LogP contribution in [-0.4, -0.2) is 91.3 Å². The molecule has 2 saturated heterocycles. The second-order valence-corrected chi connectivity index (χ2v) is 8.50. The molecule has 0 aliphatic carbocycles. The number of hydrogen-bond donors (Lipinski definition) is 2. The first-order chi connectivity index (χ1) is 14.3. The van der Waals surface area contributed by atoms with Crippen LogP contribution in [0.2, 0.25) is 0 Å². The average Bonchev–Trinajstić information content (AvgIpc) is 2.71. The van der Waals surface area contributed by atoms with Crippen LogP contribution in [0.4, 0.5) is 5.69 Å². The summed E-state index contributed by atoms with van der Waals surface area (Å²) in [6, 6.07) is 6.93. The van der Waals surface area contributed by atoms with Gasteiger partial charge in [0.15, 0.2) is 0 Å². The first-order valence-electron chi connectivity index (χ1n) is 10.7. The topological polar surface area (TPSA) is 85.0 Å². The molecule has 0 radical (unpaired) electrons. The molecule has 0 aromatic heterocycles. The Labute approximate surface area is 178 Å². The van der Waals surface area contributed by atoms with Gasteiger partial charge in [0.25, 0.3) is 0 Å².